The lowest BCUT2D eigenvalue weighted by Gasteiger charge is -2.27. The van der Waals surface area contributed by atoms with Crippen LogP contribution in [-0.2, 0) is 0 Å². The van der Waals surface area contributed by atoms with Gasteiger partial charge in [0.25, 0.3) is 5.91 Å². The number of hydrogen-bond donors (Lipinski definition) is 1. The van der Waals surface area contributed by atoms with E-state index in [-0.39, 0.29) is 5.91 Å². The molecule has 0 saturated carbocycles. The zero-order valence-corrected chi connectivity index (χ0v) is 17.0. The van der Waals surface area contributed by atoms with E-state index in [0.29, 0.717) is 5.56 Å². The third kappa shape index (κ3) is 4.62. The van der Waals surface area contributed by atoms with Gasteiger partial charge in [-0.3, -0.25) is 4.79 Å². The fraction of sp³-hybridized carbons (Fsp3) is 0.292. The molecule has 1 N–H and O–H groups in total. The minimum absolute atomic E-state index is 0.102. The molecule has 3 aromatic rings. The first-order chi connectivity index (χ1) is 14.1. The summed E-state index contributed by atoms with van der Waals surface area (Å²) in [5.74, 6) is 0.848. The normalized spacial score (nSPS) is 13.9. The molecule has 1 aliphatic heterocycles. The molecule has 1 fully saturated rings. The predicted molar refractivity (Wildman–Crippen MR) is 117 cm³/mol. The summed E-state index contributed by atoms with van der Waals surface area (Å²) in [6.07, 6.45) is 3.74. The number of aromatic nitrogens is 2. The Hall–Kier alpha value is -3.21. The summed E-state index contributed by atoms with van der Waals surface area (Å²) in [5, 5.41) is 11.8. The fourth-order valence-corrected chi connectivity index (χ4v) is 3.80. The Morgan fingerprint density at radius 2 is 1.55 bits per heavy atom. The Balaban J connectivity index is 1.44. The Bertz CT molecular complexity index is 970. The van der Waals surface area contributed by atoms with Crippen LogP contribution in [0.15, 0.2) is 54.6 Å². The van der Waals surface area contributed by atoms with Crippen LogP contribution in [0.25, 0.3) is 11.3 Å². The Kier molecular flexibility index (Phi) is 5.56. The van der Waals surface area contributed by atoms with Crippen molar-refractivity contribution >= 4 is 17.4 Å². The third-order valence-corrected chi connectivity index (χ3v) is 5.25. The second-order valence-corrected chi connectivity index (χ2v) is 7.73. The molecule has 5 nitrogen and oxygen atoms in total. The maximum Gasteiger partial charge on any atom is 0.255 e. The van der Waals surface area contributed by atoms with Crippen molar-refractivity contribution in [3.8, 4) is 11.3 Å². The Morgan fingerprint density at radius 1 is 0.862 bits per heavy atom. The number of rotatable bonds is 4. The molecule has 4 rings (SSSR count). The lowest BCUT2D eigenvalue weighted by Crippen LogP contribution is -2.30. The summed E-state index contributed by atoms with van der Waals surface area (Å²) in [5.41, 5.74) is 5.40. The van der Waals surface area contributed by atoms with E-state index in [9.17, 15) is 4.79 Å². The monoisotopic (exact) mass is 386 g/mol. The molecule has 1 amide bonds. The highest BCUT2D eigenvalue weighted by Crippen LogP contribution is 2.22. The number of carbonyl (C=O) groups is 1. The predicted octanol–water partition coefficient (Wildman–Crippen LogP) is 5.00. The van der Waals surface area contributed by atoms with Crippen LogP contribution in [0.1, 0.15) is 40.7 Å². The van der Waals surface area contributed by atoms with Crippen LogP contribution in [-0.4, -0.2) is 29.2 Å². The van der Waals surface area contributed by atoms with Crippen LogP contribution in [0.4, 0.5) is 11.5 Å². The number of amides is 1. The molecule has 1 aliphatic rings. The van der Waals surface area contributed by atoms with E-state index in [1.165, 1.54) is 19.3 Å². The fourth-order valence-electron chi connectivity index (χ4n) is 3.80. The van der Waals surface area contributed by atoms with E-state index < -0.39 is 0 Å². The SMILES string of the molecule is Cc1cc(C)cc(C(=O)Nc2ccc(-c3ccc(N4CCCCC4)nn3)cc2)c1. The Labute approximate surface area is 171 Å². The highest BCUT2D eigenvalue weighted by Gasteiger charge is 2.13. The molecule has 2 heterocycles. The van der Waals surface area contributed by atoms with E-state index in [2.05, 4.69) is 26.5 Å². The first-order valence-corrected chi connectivity index (χ1v) is 10.2. The maximum atomic E-state index is 12.5. The van der Waals surface area contributed by atoms with Crippen LogP contribution in [0.2, 0.25) is 0 Å². The van der Waals surface area contributed by atoms with Gasteiger partial charge in [-0.1, -0.05) is 29.3 Å². The molecule has 0 spiro atoms. The molecule has 0 atom stereocenters. The zero-order valence-electron chi connectivity index (χ0n) is 17.0. The van der Waals surface area contributed by atoms with Gasteiger partial charge in [0.2, 0.25) is 0 Å². The van der Waals surface area contributed by atoms with Crippen molar-refractivity contribution in [2.75, 3.05) is 23.3 Å². The lowest BCUT2D eigenvalue weighted by molar-refractivity contribution is 0.102. The van der Waals surface area contributed by atoms with E-state index in [0.717, 1.165) is 47.0 Å². The van der Waals surface area contributed by atoms with Crippen LogP contribution < -0.4 is 10.2 Å². The maximum absolute atomic E-state index is 12.5. The average molecular weight is 386 g/mol. The van der Waals surface area contributed by atoms with Crippen molar-refractivity contribution in [1.29, 1.82) is 0 Å². The van der Waals surface area contributed by atoms with Crippen molar-refractivity contribution in [3.63, 3.8) is 0 Å². The van der Waals surface area contributed by atoms with Gasteiger partial charge in [-0.25, -0.2) is 0 Å². The van der Waals surface area contributed by atoms with Gasteiger partial charge in [-0.05, 0) is 69.5 Å². The second-order valence-electron chi connectivity index (χ2n) is 7.73. The van der Waals surface area contributed by atoms with Crippen LogP contribution in [0.5, 0.6) is 0 Å². The third-order valence-electron chi connectivity index (χ3n) is 5.25. The van der Waals surface area contributed by atoms with Gasteiger partial charge < -0.3 is 10.2 Å². The molecule has 1 aromatic heterocycles. The quantitative estimate of drug-likeness (QED) is 0.685. The molecule has 0 bridgehead atoms. The van der Waals surface area contributed by atoms with Crippen LogP contribution >= 0.6 is 0 Å². The highest BCUT2D eigenvalue weighted by atomic mass is 16.1. The molecule has 1 saturated heterocycles. The van der Waals surface area contributed by atoms with E-state index in [1.807, 2.05) is 62.4 Å². The van der Waals surface area contributed by atoms with Gasteiger partial charge in [-0.15, -0.1) is 10.2 Å². The first-order valence-electron chi connectivity index (χ1n) is 10.2. The lowest BCUT2D eigenvalue weighted by atomic mass is 10.1. The second kappa shape index (κ2) is 8.43. The van der Waals surface area contributed by atoms with E-state index in [4.69, 9.17) is 0 Å². The molecule has 0 radical (unpaired) electrons. The number of anilines is 2. The van der Waals surface area contributed by atoms with Gasteiger partial charge >= 0.3 is 0 Å². The minimum atomic E-state index is -0.102. The van der Waals surface area contributed by atoms with E-state index in [1.54, 1.807) is 0 Å². The smallest absolute Gasteiger partial charge is 0.255 e. The summed E-state index contributed by atoms with van der Waals surface area (Å²) in [6, 6.07) is 17.6. The van der Waals surface area contributed by atoms with Crippen molar-refractivity contribution < 1.29 is 4.79 Å². The van der Waals surface area contributed by atoms with Crippen molar-refractivity contribution in [2.45, 2.75) is 33.1 Å². The van der Waals surface area contributed by atoms with Crippen molar-refractivity contribution in [1.82, 2.24) is 10.2 Å². The summed E-state index contributed by atoms with van der Waals surface area (Å²) in [7, 11) is 0. The summed E-state index contributed by atoms with van der Waals surface area (Å²) < 4.78 is 0. The molecule has 2 aromatic carbocycles. The van der Waals surface area contributed by atoms with Crippen LogP contribution in [0, 0.1) is 13.8 Å². The van der Waals surface area contributed by atoms with Gasteiger partial charge in [0.1, 0.15) is 0 Å². The summed E-state index contributed by atoms with van der Waals surface area (Å²) in [6.45, 7) is 6.11. The largest absolute Gasteiger partial charge is 0.355 e. The van der Waals surface area contributed by atoms with E-state index >= 15 is 0 Å². The van der Waals surface area contributed by atoms with Gasteiger partial charge in [0.05, 0.1) is 5.69 Å². The number of carbonyl (C=O) groups excluding carboxylic acids is 1. The summed E-state index contributed by atoms with van der Waals surface area (Å²) in [4.78, 5) is 14.8. The average Bonchev–Trinajstić information content (AvgIpc) is 2.74. The number of piperidine rings is 1. The molecule has 0 aliphatic carbocycles. The van der Waals surface area contributed by atoms with Crippen LogP contribution in [0.3, 0.4) is 0 Å². The minimum Gasteiger partial charge on any atom is -0.355 e. The first kappa shape index (κ1) is 19.1. The number of hydrogen-bond acceptors (Lipinski definition) is 4. The number of nitrogens with one attached hydrogen (secondary N) is 1. The van der Waals surface area contributed by atoms with Gasteiger partial charge in [-0.2, -0.15) is 0 Å². The summed E-state index contributed by atoms with van der Waals surface area (Å²) >= 11 is 0. The standard InChI is InChI=1S/C24H26N4O/c1-17-14-18(2)16-20(15-17)24(29)25-21-8-6-19(7-9-21)22-10-11-23(27-26-22)28-12-4-3-5-13-28/h6-11,14-16H,3-5,12-13H2,1-2H3,(H,25,29). The number of benzene rings is 2. The topological polar surface area (TPSA) is 58.1 Å². The molecular weight excluding hydrogens is 360 g/mol. The molecule has 29 heavy (non-hydrogen) atoms. The van der Waals surface area contributed by atoms with Gasteiger partial charge in [0, 0.05) is 29.9 Å². The molecular formula is C24H26N4O. The highest BCUT2D eigenvalue weighted by molar-refractivity contribution is 6.04. The number of aryl methyl sites for hydroxylation is 2. The number of nitrogens with zero attached hydrogens (tertiary/aromatic N) is 3. The molecule has 0 unspecified atom stereocenters. The molecule has 148 valence electrons. The zero-order chi connectivity index (χ0) is 20.2. The Morgan fingerprint density at radius 3 is 2.17 bits per heavy atom. The van der Waals surface area contributed by atoms with Gasteiger partial charge in [0.15, 0.2) is 5.82 Å². The van der Waals surface area contributed by atoms with Crippen molar-refractivity contribution in [3.05, 3.63) is 71.3 Å². The van der Waals surface area contributed by atoms with Crippen molar-refractivity contribution in [2.24, 2.45) is 0 Å². The molecule has 5 heteroatoms.